The van der Waals surface area contributed by atoms with E-state index in [0.717, 1.165) is 79.2 Å². The number of phenols is 1. The van der Waals surface area contributed by atoms with Gasteiger partial charge in [-0.05, 0) is 190 Å². The summed E-state index contributed by atoms with van der Waals surface area (Å²) < 4.78 is 5.47. The van der Waals surface area contributed by atoms with Gasteiger partial charge in [0.2, 0.25) is 0 Å². The number of dihydropyridines is 1. The molecule has 8 heteroatoms. The van der Waals surface area contributed by atoms with Crippen LogP contribution in [0.2, 0.25) is 0 Å². The zero-order chi connectivity index (χ0) is 42.6. The predicted molar refractivity (Wildman–Crippen MR) is 247 cm³/mol. The predicted octanol–water partition coefficient (Wildman–Crippen LogP) is 8.95. The fraction of sp³-hybridized carbons (Fsp3) is 0.509. The molecule has 6 N–H and O–H groups in total. The van der Waals surface area contributed by atoms with E-state index in [2.05, 4.69) is 83.7 Å². The average Bonchev–Trinajstić information content (AvgIpc) is 3.74. The van der Waals surface area contributed by atoms with Gasteiger partial charge in [-0.2, -0.15) is 0 Å². The summed E-state index contributed by atoms with van der Waals surface area (Å²) >= 11 is 0. The summed E-state index contributed by atoms with van der Waals surface area (Å²) in [5, 5.41) is 21.5. The normalized spacial score (nSPS) is 23.5. The number of aryl methyl sites for hydroxylation is 3. The minimum absolute atomic E-state index is 0.0155. The molecule has 0 radical (unpaired) electrons. The number of aromatic hydroxyl groups is 1. The Morgan fingerprint density at radius 3 is 2.46 bits per heavy atom. The molecule has 2 aliphatic carbocycles. The molecular weight excluding hydrogens is 757 g/mol. The number of allylic oxidation sites excluding steroid dienone is 3. The van der Waals surface area contributed by atoms with Gasteiger partial charge in [-0.25, -0.2) is 0 Å². The standard InChI is InChI=1S/C53H70N4O4/c1-55-49-22-20-42-35-56-27-23-47(42)48(49)34-53(24-6-7-25-53)26-9-14-45(58)33-46(59)21-19-40-31-51(61-2)50(60)30-43(40)29-44-36-57-52(54)32-41(44)18-17-39-13-8-12-38(28-39)16-15-37-10-4-3-5-11-37/h3-5,8,10-13,19,21,28,30-32,36,42,47-49,52,55-57,60H,6-7,9,14-18,20,22-27,29,33-35,54H2,1-2H3. The number of rotatable bonds is 20. The van der Waals surface area contributed by atoms with Crippen LogP contribution in [0.15, 0.2) is 96.2 Å². The van der Waals surface area contributed by atoms with E-state index in [-0.39, 0.29) is 29.9 Å². The maximum absolute atomic E-state index is 13.3. The lowest BCUT2D eigenvalue weighted by molar-refractivity contribution is -0.124. The molecule has 2 saturated carbocycles. The highest BCUT2D eigenvalue weighted by Gasteiger charge is 2.45. The van der Waals surface area contributed by atoms with Crippen LogP contribution in [0.3, 0.4) is 0 Å². The number of nitrogens with one attached hydrogen (secondary N) is 3. The molecule has 0 spiro atoms. The highest BCUT2D eigenvalue weighted by molar-refractivity contribution is 6.06. The maximum Gasteiger partial charge on any atom is 0.163 e. The Morgan fingerprint density at radius 1 is 0.934 bits per heavy atom. The summed E-state index contributed by atoms with van der Waals surface area (Å²) in [4.78, 5) is 26.6. The summed E-state index contributed by atoms with van der Waals surface area (Å²) in [6, 6.07) is 23.5. The highest BCUT2D eigenvalue weighted by atomic mass is 16.5. The van der Waals surface area contributed by atoms with Crippen molar-refractivity contribution in [3.8, 4) is 11.5 Å². The maximum atomic E-state index is 13.3. The first-order valence-corrected chi connectivity index (χ1v) is 23.2. The van der Waals surface area contributed by atoms with Gasteiger partial charge in [0.15, 0.2) is 17.3 Å². The molecule has 5 atom stereocenters. The van der Waals surface area contributed by atoms with Crippen molar-refractivity contribution in [1.29, 1.82) is 0 Å². The van der Waals surface area contributed by atoms with Gasteiger partial charge in [-0.15, -0.1) is 0 Å². The van der Waals surface area contributed by atoms with Crippen molar-refractivity contribution >= 4 is 17.6 Å². The lowest BCUT2D eigenvalue weighted by Crippen LogP contribution is -2.51. The molecule has 3 fully saturated rings. The molecule has 3 aromatic rings. The van der Waals surface area contributed by atoms with Crippen LogP contribution in [0, 0.1) is 23.2 Å². The molecule has 2 aliphatic heterocycles. The van der Waals surface area contributed by atoms with Gasteiger partial charge in [-0.1, -0.05) is 73.5 Å². The minimum atomic E-state index is -0.289. The lowest BCUT2D eigenvalue weighted by atomic mass is 9.61. The van der Waals surface area contributed by atoms with E-state index in [4.69, 9.17) is 10.5 Å². The quantitative estimate of drug-likeness (QED) is 0.0565. The zero-order valence-electron chi connectivity index (χ0n) is 36.7. The molecule has 1 saturated heterocycles. The van der Waals surface area contributed by atoms with Crippen LogP contribution < -0.4 is 26.4 Å². The second kappa shape index (κ2) is 21.5. The Bertz CT molecular complexity index is 2030. The number of carbonyl (C=O) groups excluding carboxylic acids is 2. The van der Waals surface area contributed by atoms with Gasteiger partial charge >= 0.3 is 0 Å². The molecule has 0 bridgehead atoms. The van der Waals surface area contributed by atoms with E-state index >= 15 is 0 Å². The fourth-order valence-electron chi connectivity index (χ4n) is 11.3. The van der Waals surface area contributed by atoms with Gasteiger partial charge in [0.25, 0.3) is 0 Å². The first-order chi connectivity index (χ1) is 29.7. The Labute approximate surface area is 364 Å². The number of nitrogens with two attached hydrogens (primary N) is 1. The smallest absolute Gasteiger partial charge is 0.163 e. The van der Waals surface area contributed by atoms with Crippen LogP contribution >= 0.6 is 0 Å². The molecule has 7 rings (SSSR count). The van der Waals surface area contributed by atoms with Crippen molar-refractivity contribution in [3.63, 3.8) is 0 Å². The molecule has 61 heavy (non-hydrogen) atoms. The number of phenolic OH excluding ortho intramolecular Hbond substituents is 1. The van der Waals surface area contributed by atoms with Gasteiger partial charge in [0.05, 0.1) is 19.7 Å². The molecule has 5 unspecified atom stereocenters. The zero-order valence-corrected chi connectivity index (χ0v) is 36.7. The number of ketones is 2. The van der Waals surface area contributed by atoms with Gasteiger partial charge < -0.3 is 31.5 Å². The van der Waals surface area contributed by atoms with Gasteiger partial charge in [-0.3, -0.25) is 9.59 Å². The number of Topliss-reactive ketones (excluding diaryl/α,β-unsaturated/α-hetero) is 1. The largest absolute Gasteiger partial charge is 0.504 e. The molecule has 2 heterocycles. The first kappa shape index (κ1) is 44.6. The van der Waals surface area contributed by atoms with E-state index in [9.17, 15) is 14.7 Å². The van der Waals surface area contributed by atoms with Gasteiger partial charge in [0.1, 0.15) is 5.78 Å². The Hall–Kier alpha value is -4.50. The summed E-state index contributed by atoms with van der Waals surface area (Å²) in [6.07, 6.45) is 23.8. The third kappa shape index (κ3) is 12.1. The highest BCUT2D eigenvalue weighted by Crippen LogP contribution is 2.52. The lowest BCUT2D eigenvalue weighted by Gasteiger charge is -2.49. The minimum Gasteiger partial charge on any atom is -0.504 e. The number of ether oxygens (including phenoxy) is 1. The number of methoxy groups -OCH3 is 1. The molecule has 4 aliphatic rings. The monoisotopic (exact) mass is 827 g/mol. The van der Waals surface area contributed by atoms with Crippen molar-refractivity contribution in [2.45, 2.75) is 121 Å². The van der Waals surface area contributed by atoms with Crippen LogP contribution in [0.5, 0.6) is 11.5 Å². The molecule has 326 valence electrons. The number of hydrogen-bond acceptors (Lipinski definition) is 8. The fourth-order valence-corrected chi connectivity index (χ4v) is 11.3. The summed E-state index contributed by atoms with van der Waals surface area (Å²) in [5.74, 6) is 2.48. The van der Waals surface area contributed by atoms with Crippen molar-refractivity contribution in [1.82, 2.24) is 16.0 Å². The van der Waals surface area contributed by atoms with Crippen molar-refractivity contribution in [2.75, 3.05) is 27.2 Å². The Balaban J connectivity index is 0.946. The average molecular weight is 827 g/mol. The Morgan fingerprint density at radius 2 is 1.69 bits per heavy atom. The Kier molecular flexibility index (Phi) is 15.7. The first-order valence-electron chi connectivity index (χ1n) is 23.2. The van der Waals surface area contributed by atoms with Crippen LogP contribution in [0.4, 0.5) is 0 Å². The number of benzene rings is 3. The SMILES string of the molecule is CNC1CCC2CNCCC2C1CC1(CCCC(=O)CC(=O)C=Cc2cc(OC)c(O)cc2CC2=CNC(N)C=C2CCc2cccc(CCc3ccccc3)c2)CCCC1. The van der Waals surface area contributed by atoms with E-state index in [1.807, 2.05) is 6.20 Å². The summed E-state index contributed by atoms with van der Waals surface area (Å²) in [5.41, 5.74) is 14.5. The molecular formula is C53H70N4O4. The number of hydrogen-bond donors (Lipinski definition) is 5. The number of fused-ring (bicyclic) bond motifs is 1. The molecule has 0 amide bonds. The molecule has 0 aromatic heterocycles. The van der Waals surface area contributed by atoms with Crippen molar-refractivity contribution < 1.29 is 19.4 Å². The second-order valence-corrected chi connectivity index (χ2v) is 18.6. The van der Waals surface area contributed by atoms with E-state index in [0.29, 0.717) is 36.0 Å². The van der Waals surface area contributed by atoms with Crippen molar-refractivity contribution in [2.24, 2.45) is 28.9 Å². The summed E-state index contributed by atoms with van der Waals surface area (Å²) in [7, 11) is 3.67. The summed E-state index contributed by atoms with van der Waals surface area (Å²) in [6.45, 7) is 2.30. The van der Waals surface area contributed by atoms with E-state index in [1.54, 1.807) is 18.2 Å². The van der Waals surface area contributed by atoms with Crippen LogP contribution in [0.25, 0.3) is 6.08 Å². The van der Waals surface area contributed by atoms with Crippen LogP contribution in [0.1, 0.15) is 111 Å². The van der Waals surface area contributed by atoms with Crippen LogP contribution in [-0.4, -0.2) is 56.1 Å². The van der Waals surface area contributed by atoms with Crippen molar-refractivity contribution in [3.05, 3.63) is 124 Å². The van der Waals surface area contributed by atoms with E-state index in [1.165, 1.54) is 87.8 Å². The third-order valence-corrected chi connectivity index (χ3v) is 14.6. The number of piperidine rings is 1. The molecule has 8 nitrogen and oxygen atoms in total. The molecule has 3 aromatic carbocycles. The van der Waals surface area contributed by atoms with Crippen LogP contribution in [-0.2, 0) is 35.3 Å². The van der Waals surface area contributed by atoms with Gasteiger partial charge in [0, 0.05) is 18.7 Å². The number of carbonyl (C=O) groups is 2. The third-order valence-electron chi connectivity index (χ3n) is 14.6. The second-order valence-electron chi connectivity index (χ2n) is 18.6. The topological polar surface area (TPSA) is 126 Å². The van der Waals surface area contributed by atoms with E-state index < -0.39 is 0 Å².